The summed E-state index contributed by atoms with van der Waals surface area (Å²) in [6.07, 6.45) is 2.07. The van der Waals surface area contributed by atoms with Crippen LogP contribution in [0.3, 0.4) is 0 Å². The van der Waals surface area contributed by atoms with Gasteiger partial charge < -0.3 is 9.64 Å². The van der Waals surface area contributed by atoms with Crippen LogP contribution in [0.15, 0.2) is 12.7 Å². The number of nitrogens with zero attached hydrogens (tertiary/aromatic N) is 1. The quantitative estimate of drug-likeness (QED) is 0.423. The van der Waals surface area contributed by atoms with Gasteiger partial charge in [0.2, 0.25) is 5.91 Å². The van der Waals surface area contributed by atoms with Crippen molar-refractivity contribution in [2.75, 3.05) is 6.61 Å². The zero-order valence-corrected chi connectivity index (χ0v) is 10.3. The Hall–Kier alpha value is -0.970. The van der Waals surface area contributed by atoms with E-state index in [1.54, 1.807) is 16.7 Å². The Morgan fingerprint density at radius 2 is 2.44 bits per heavy atom. The second-order valence-electron chi connectivity index (χ2n) is 4.50. The van der Waals surface area contributed by atoms with Crippen LogP contribution in [0, 0.1) is 0 Å². The molecule has 0 aliphatic carbocycles. The second kappa shape index (κ2) is 3.80. The Morgan fingerprint density at radius 1 is 1.75 bits per heavy atom. The third-order valence-corrected chi connectivity index (χ3v) is 4.39. The third kappa shape index (κ3) is 1.63. The summed E-state index contributed by atoms with van der Waals surface area (Å²) in [7, 11) is 0. The van der Waals surface area contributed by atoms with Crippen LogP contribution in [-0.4, -0.2) is 39.5 Å². The molecule has 2 aliphatic heterocycles. The lowest BCUT2D eigenvalue weighted by Crippen LogP contribution is -2.57. The molecule has 16 heavy (non-hydrogen) atoms. The topological polar surface area (TPSA) is 46.6 Å². The highest BCUT2D eigenvalue weighted by Gasteiger charge is 2.58. The minimum Gasteiger partial charge on any atom is -0.460 e. The fourth-order valence-corrected chi connectivity index (χ4v) is 3.80. The lowest BCUT2D eigenvalue weighted by atomic mass is 9.98. The number of ether oxygens (including phenoxy) is 1. The highest BCUT2D eigenvalue weighted by Crippen LogP contribution is 2.50. The molecule has 1 amide bonds. The molecule has 0 unspecified atom stereocenters. The number of carbonyl (C=O) groups is 2. The van der Waals surface area contributed by atoms with Gasteiger partial charge in [-0.1, -0.05) is 12.7 Å². The Balaban J connectivity index is 2.13. The Morgan fingerprint density at radius 3 is 3.00 bits per heavy atom. The Kier molecular flexibility index (Phi) is 2.74. The number of amides is 1. The summed E-state index contributed by atoms with van der Waals surface area (Å²) in [5, 5.41) is 0.156. The number of fused-ring (bicyclic) bond motifs is 1. The van der Waals surface area contributed by atoms with E-state index in [9.17, 15) is 9.59 Å². The predicted octanol–water partition coefficient (Wildman–Crippen LogP) is 1.17. The predicted molar refractivity (Wildman–Crippen MR) is 61.9 cm³/mol. The smallest absolute Gasteiger partial charge is 0.330 e. The normalized spacial score (nSPS) is 30.6. The van der Waals surface area contributed by atoms with Crippen LogP contribution in [0.25, 0.3) is 0 Å². The van der Waals surface area contributed by atoms with Crippen molar-refractivity contribution in [2.24, 2.45) is 0 Å². The van der Waals surface area contributed by atoms with E-state index in [-0.39, 0.29) is 28.6 Å². The van der Waals surface area contributed by atoms with Crippen LogP contribution in [0.1, 0.15) is 20.3 Å². The molecule has 4 nitrogen and oxygen atoms in total. The molecule has 0 radical (unpaired) electrons. The van der Waals surface area contributed by atoms with Crippen molar-refractivity contribution in [1.29, 1.82) is 0 Å². The van der Waals surface area contributed by atoms with E-state index >= 15 is 0 Å². The van der Waals surface area contributed by atoms with Crippen LogP contribution in [-0.2, 0) is 14.3 Å². The molecular weight excluding hydrogens is 226 g/mol. The first kappa shape index (κ1) is 11.5. The number of rotatable bonds is 3. The molecular formula is C11H15NO3S. The molecule has 2 fully saturated rings. The van der Waals surface area contributed by atoms with E-state index in [0.29, 0.717) is 6.42 Å². The largest absolute Gasteiger partial charge is 0.460 e. The fourth-order valence-electron chi connectivity index (χ4n) is 2.18. The maximum Gasteiger partial charge on any atom is 0.330 e. The highest BCUT2D eigenvalue weighted by molar-refractivity contribution is 8.01. The number of thioether (sulfide) groups is 1. The van der Waals surface area contributed by atoms with Crippen molar-refractivity contribution < 1.29 is 14.3 Å². The van der Waals surface area contributed by atoms with Crippen LogP contribution in [0.4, 0.5) is 0 Å². The molecule has 2 rings (SSSR count). The molecule has 88 valence electrons. The summed E-state index contributed by atoms with van der Waals surface area (Å²) >= 11 is 1.67. The molecule has 5 heteroatoms. The molecule has 2 saturated heterocycles. The number of esters is 1. The van der Waals surface area contributed by atoms with Gasteiger partial charge >= 0.3 is 5.97 Å². The summed E-state index contributed by atoms with van der Waals surface area (Å²) in [5.74, 6) is -0.281. The van der Waals surface area contributed by atoms with E-state index in [0.717, 1.165) is 0 Å². The zero-order valence-electron chi connectivity index (χ0n) is 9.43. The maximum absolute atomic E-state index is 11.9. The summed E-state index contributed by atoms with van der Waals surface area (Å²) < 4.78 is 4.78. The van der Waals surface area contributed by atoms with Crippen LogP contribution < -0.4 is 0 Å². The minimum atomic E-state index is -0.455. The first-order valence-electron chi connectivity index (χ1n) is 5.24. The van der Waals surface area contributed by atoms with Crippen molar-refractivity contribution >= 4 is 23.6 Å². The lowest BCUT2D eigenvalue weighted by molar-refractivity contribution is -0.160. The molecule has 2 heterocycles. The van der Waals surface area contributed by atoms with Gasteiger partial charge in [0.15, 0.2) is 0 Å². The van der Waals surface area contributed by atoms with E-state index < -0.39 is 6.04 Å². The van der Waals surface area contributed by atoms with E-state index in [1.165, 1.54) is 6.08 Å². The molecule has 0 N–H and O–H groups in total. The molecule has 0 saturated carbocycles. The number of hydrogen-bond acceptors (Lipinski definition) is 4. The van der Waals surface area contributed by atoms with Crippen molar-refractivity contribution in [3.05, 3.63) is 12.7 Å². The fraction of sp³-hybridized carbons (Fsp3) is 0.636. The number of carbonyl (C=O) groups excluding carboxylic acids is 2. The standard InChI is InChI=1S/C11H15NO3S/c1-4-5-15-10(14)9-11(2,3)16-8-6-7(13)12(8)9/h4,8-9H,1,5-6H2,2-3H3/t8-,9+/m1/s1. The summed E-state index contributed by atoms with van der Waals surface area (Å²) in [4.78, 5) is 25.0. The molecule has 2 aliphatic rings. The van der Waals surface area contributed by atoms with Gasteiger partial charge in [-0.05, 0) is 13.8 Å². The van der Waals surface area contributed by atoms with Gasteiger partial charge in [0.1, 0.15) is 12.6 Å². The molecule has 0 aromatic heterocycles. The van der Waals surface area contributed by atoms with Gasteiger partial charge in [-0.25, -0.2) is 4.79 Å². The average Bonchev–Trinajstić information content (AvgIpc) is 2.42. The van der Waals surface area contributed by atoms with Crippen molar-refractivity contribution in [3.8, 4) is 0 Å². The molecule has 0 spiro atoms. The van der Waals surface area contributed by atoms with E-state index in [4.69, 9.17) is 4.74 Å². The van der Waals surface area contributed by atoms with Gasteiger partial charge in [0.25, 0.3) is 0 Å². The second-order valence-corrected chi connectivity index (χ2v) is 6.33. The first-order chi connectivity index (χ1) is 7.47. The van der Waals surface area contributed by atoms with Crippen molar-refractivity contribution in [1.82, 2.24) is 4.90 Å². The van der Waals surface area contributed by atoms with E-state index in [2.05, 4.69) is 6.58 Å². The highest BCUT2D eigenvalue weighted by atomic mass is 32.2. The van der Waals surface area contributed by atoms with Gasteiger partial charge in [-0.2, -0.15) is 0 Å². The average molecular weight is 241 g/mol. The number of hydrogen-bond donors (Lipinski definition) is 0. The third-order valence-electron chi connectivity index (χ3n) is 2.89. The van der Waals surface area contributed by atoms with Crippen LogP contribution in [0.2, 0.25) is 0 Å². The lowest BCUT2D eigenvalue weighted by Gasteiger charge is -2.37. The minimum absolute atomic E-state index is 0.0450. The van der Waals surface area contributed by atoms with Crippen LogP contribution >= 0.6 is 11.8 Å². The Labute approximate surface area is 99.0 Å². The maximum atomic E-state index is 11.9. The summed E-state index contributed by atoms with van der Waals surface area (Å²) in [6, 6.07) is -0.455. The monoisotopic (exact) mass is 241 g/mol. The molecule has 2 atom stereocenters. The molecule has 0 bridgehead atoms. The zero-order chi connectivity index (χ0) is 11.9. The van der Waals surface area contributed by atoms with Crippen molar-refractivity contribution in [2.45, 2.75) is 36.4 Å². The number of β-lactam (4-membered cyclic amide) rings is 1. The van der Waals surface area contributed by atoms with Gasteiger partial charge in [0, 0.05) is 4.75 Å². The van der Waals surface area contributed by atoms with Crippen LogP contribution in [0.5, 0.6) is 0 Å². The molecule has 0 aromatic carbocycles. The summed E-state index contributed by atoms with van der Waals surface area (Å²) in [5.41, 5.74) is 0. The molecule has 0 aromatic rings. The SMILES string of the molecule is C=CCOC(=O)[C@@H]1N2C(=O)C[C@H]2SC1(C)C. The van der Waals surface area contributed by atoms with Gasteiger partial charge in [-0.15, -0.1) is 11.8 Å². The van der Waals surface area contributed by atoms with E-state index in [1.807, 2.05) is 13.8 Å². The van der Waals surface area contributed by atoms with Crippen molar-refractivity contribution in [3.63, 3.8) is 0 Å². The summed E-state index contributed by atoms with van der Waals surface area (Å²) in [6.45, 7) is 7.64. The van der Waals surface area contributed by atoms with Gasteiger partial charge in [0.05, 0.1) is 11.8 Å². The first-order valence-corrected chi connectivity index (χ1v) is 6.12. The van der Waals surface area contributed by atoms with Gasteiger partial charge in [-0.3, -0.25) is 4.79 Å². The Bertz CT molecular complexity index is 353.